The zero-order chi connectivity index (χ0) is 11.8. The van der Waals surface area contributed by atoms with Crippen LogP contribution in [0.1, 0.15) is 0 Å². The normalized spacial score (nSPS) is 10.9. The van der Waals surface area contributed by atoms with Crippen LogP contribution in [0.25, 0.3) is 22.2 Å². The molecule has 0 saturated carbocycles. The Hall–Kier alpha value is -1.44. The Morgan fingerprint density at radius 2 is 1.47 bits per heavy atom. The molecule has 1 heterocycles. The van der Waals surface area contributed by atoms with Gasteiger partial charge in [0.25, 0.3) is 0 Å². The SMILES string of the molecule is Clc1ccc(-c2cc3cc(Cl)ccc3[nH]2)cc1. The van der Waals surface area contributed by atoms with Crippen LogP contribution in [0.15, 0.2) is 48.5 Å². The zero-order valence-corrected chi connectivity index (χ0v) is 10.4. The molecule has 0 aliphatic rings. The van der Waals surface area contributed by atoms with E-state index in [-0.39, 0.29) is 0 Å². The topological polar surface area (TPSA) is 15.8 Å². The van der Waals surface area contributed by atoms with E-state index in [1.807, 2.05) is 42.5 Å². The van der Waals surface area contributed by atoms with E-state index in [0.717, 1.165) is 32.2 Å². The van der Waals surface area contributed by atoms with Crippen LogP contribution in [-0.4, -0.2) is 4.98 Å². The van der Waals surface area contributed by atoms with Crippen LogP contribution in [0.5, 0.6) is 0 Å². The molecule has 1 aromatic heterocycles. The van der Waals surface area contributed by atoms with Crippen LogP contribution in [0.2, 0.25) is 10.0 Å². The number of hydrogen-bond acceptors (Lipinski definition) is 0. The summed E-state index contributed by atoms with van der Waals surface area (Å²) in [6, 6.07) is 15.7. The van der Waals surface area contributed by atoms with E-state index < -0.39 is 0 Å². The summed E-state index contributed by atoms with van der Waals surface area (Å²) in [5, 5.41) is 2.61. The lowest BCUT2D eigenvalue weighted by atomic mass is 10.1. The standard InChI is InChI=1S/C14H9Cl2N/c15-11-3-1-9(2-4-11)14-8-10-7-12(16)5-6-13(10)17-14/h1-8,17H. The number of aromatic nitrogens is 1. The van der Waals surface area contributed by atoms with Crippen LogP contribution in [0.3, 0.4) is 0 Å². The van der Waals surface area contributed by atoms with E-state index in [1.165, 1.54) is 0 Å². The fourth-order valence-electron chi connectivity index (χ4n) is 1.89. The molecule has 0 spiro atoms. The highest BCUT2D eigenvalue weighted by Gasteiger charge is 2.03. The molecule has 3 heteroatoms. The summed E-state index contributed by atoms with van der Waals surface area (Å²) in [7, 11) is 0. The minimum absolute atomic E-state index is 0.743. The molecule has 0 bridgehead atoms. The van der Waals surface area contributed by atoms with Gasteiger partial charge in [-0.1, -0.05) is 35.3 Å². The lowest BCUT2D eigenvalue weighted by Crippen LogP contribution is -1.75. The molecule has 0 aliphatic heterocycles. The Morgan fingerprint density at radius 1 is 0.765 bits per heavy atom. The Morgan fingerprint density at radius 3 is 2.24 bits per heavy atom. The summed E-state index contributed by atoms with van der Waals surface area (Å²) in [5.41, 5.74) is 3.26. The smallest absolute Gasteiger partial charge is 0.0464 e. The first kappa shape index (κ1) is 10.7. The Kier molecular flexibility index (Phi) is 2.58. The van der Waals surface area contributed by atoms with Gasteiger partial charge >= 0.3 is 0 Å². The first-order valence-corrected chi connectivity index (χ1v) is 6.02. The molecule has 3 rings (SSSR count). The van der Waals surface area contributed by atoms with Crippen LogP contribution in [0, 0.1) is 0 Å². The average molecular weight is 262 g/mol. The van der Waals surface area contributed by atoms with E-state index in [0.29, 0.717) is 0 Å². The summed E-state index contributed by atoms with van der Waals surface area (Å²) >= 11 is 11.8. The molecule has 0 amide bonds. The molecular weight excluding hydrogens is 253 g/mol. The maximum atomic E-state index is 5.96. The van der Waals surface area contributed by atoms with Crippen molar-refractivity contribution in [1.29, 1.82) is 0 Å². The molecule has 0 saturated heterocycles. The molecular formula is C14H9Cl2N. The molecule has 0 fully saturated rings. The van der Waals surface area contributed by atoms with Crippen molar-refractivity contribution in [3.63, 3.8) is 0 Å². The van der Waals surface area contributed by atoms with Gasteiger partial charge in [-0.05, 0) is 42.0 Å². The van der Waals surface area contributed by atoms with Gasteiger partial charge in [0.2, 0.25) is 0 Å². The van der Waals surface area contributed by atoms with Crippen molar-refractivity contribution >= 4 is 34.1 Å². The second-order valence-electron chi connectivity index (χ2n) is 3.92. The van der Waals surface area contributed by atoms with Crippen molar-refractivity contribution in [1.82, 2.24) is 4.98 Å². The second kappa shape index (κ2) is 4.10. The third-order valence-corrected chi connectivity index (χ3v) is 3.23. The fraction of sp³-hybridized carbons (Fsp3) is 0. The van der Waals surface area contributed by atoms with Crippen LogP contribution in [0.4, 0.5) is 0 Å². The maximum Gasteiger partial charge on any atom is 0.0464 e. The van der Waals surface area contributed by atoms with Gasteiger partial charge in [-0.25, -0.2) is 0 Å². The lowest BCUT2D eigenvalue weighted by Gasteiger charge is -1.96. The highest BCUT2D eigenvalue weighted by atomic mass is 35.5. The molecule has 0 aliphatic carbocycles. The van der Waals surface area contributed by atoms with Crippen LogP contribution in [-0.2, 0) is 0 Å². The van der Waals surface area contributed by atoms with Gasteiger partial charge in [0.05, 0.1) is 0 Å². The predicted octanol–water partition coefficient (Wildman–Crippen LogP) is 5.14. The summed E-state index contributed by atoms with van der Waals surface area (Å²) in [6.45, 7) is 0. The number of H-pyrrole nitrogens is 1. The molecule has 17 heavy (non-hydrogen) atoms. The van der Waals surface area contributed by atoms with Crippen molar-refractivity contribution in [3.05, 3.63) is 58.6 Å². The first-order chi connectivity index (χ1) is 8.22. The zero-order valence-electron chi connectivity index (χ0n) is 8.87. The molecule has 1 nitrogen and oxygen atoms in total. The van der Waals surface area contributed by atoms with Crippen molar-refractivity contribution in [2.45, 2.75) is 0 Å². The van der Waals surface area contributed by atoms with Gasteiger partial charge in [-0.3, -0.25) is 0 Å². The molecule has 0 radical (unpaired) electrons. The Labute approximate surface area is 109 Å². The quantitative estimate of drug-likeness (QED) is 0.624. The van der Waals surface area contributed by atoms with Crippen molar-refractivity contribution < 1.29 is 0 Å². The van der Waals surface area contributed by atoms with E-state index in [9.17, 15) is 0 Å². The van der Waals surface area contributed by atoms with Gasteiger partial charge in [0, 0.05) is 26.6 Å². The molecule has 1 N–H and O–H groups in total. The van der Waals surface area contributed by atoms with Gasteiger partial charge in [-0.15, -0.1) is 0 Å². The number of nitrogens with one attached hydrogen (secondary N) is 1. The fourth-order valence-corrected chi connectivity index (χ4v) is 2.19. The number of aromatic amines is 1. The van der Waals surface area contributed by atoms with E-state index in [4.69, 9.17) is 23.2 Å². The molecule has 3 aromatic rings. The number of rotatable bonds is 1. The number of fused-ring (bicyclic) bond motifs is 1. The summed E-state index contributed by atoms with van der Waals surface area (Å²) in [6.07, 6.45) is 0. The average Bonchev–Trinajstić information content (AvgIpc) is 2.72. The number of hydrogen-bond donors (Lipinski definition) is 1. The summed E-state index contributed by atoms with van der Waals surface area (Å²) < 4.78 is 0. The maximum absolute atomic E-state index is 5.96. The van der Waals surface area contributed by atoms with Gasteiger partial charge < -0.3 is 4.98 Å². The minimum Gasteiger partial charge on any atom is -0.355 e. The van der Waals surface area contributed by atoms with Crippen molar-refractivity contribution in [2.24, 2.45) is 0 Å². The Balaban J connectivity index is 2.14. The van der Waals surface area contributed by atoms with E-state index in [2.05, 4.69) is 11.1 Å². The van der Waals surface area contributed by atoms with Gasteiger partial charge in [0.1, 0.15) is 0 Å². The highest BCUT2D eigenvalue weighted by molar-refractivity contribution is 6.31. The van der Waals surface area contributed by atoms with E-state index >= 15 is 0 Å². The number of benzene rings is 2. The third-order valence-electron chi connectivity index (χ3n) is 2.74. The van der Waals surface area contributed by atoms with Gasteiger partial charge in [0.15, 0.2) is 0 Å². The van der Waals surface area contributed by atoms with Crippen LogP contribution >= 0.6 is 23.2 Å². The largest absolute Gasteiger partial charge is 0.355 e. The van der Waals surface area contributed by atoms with Crippen molar-refractivity contribution in [3.8, 4) is 11.3 Å². The van der Waals surface area contributed by atoms with Gasteiger partial charge in [-0.2, -0.15) is 0 Å². The molecule has 0 unspecified atom stereocenters. The summed E-state index contributed by atoms with van der Waals surface area (Å²) in [5.74, 6) is 0. The molecule has 2 aromatic carbocycles. The molecule has 84 valence electrons. The highest BCUT2D eigenvalue weighted by Crippen LogP contribution is 2.26. The second-order valence-corrected chi connectivity index (χ2v) is 4.79. The third kappa shape index (κ3) is 2.04. The summed E-state index contributed by atoms with van der Waals surface area (Å²) in [4.78, 5) is 3.36. The lowest BCUT2D eigenvalue weighted by molar-refractivity contribution is 1.45. The monoisotopic (exact) mass is 261 g/mol. The predicted molar refractivity (Wildman–Crippen MR) is 73.8 cm³/mol. The Bertz CT molecular complexity index is 668. The van der Waals surface area contributed by atoms with Crippen molar-refractivity contribution in [2.75, 3.05) is 0 Å². The van der Waals surface area contributed by atoms with E-state index in [1.54, 1.807) is 0 Å². The van der Waals surface area contributed by atoms with Crippen LogP contribution < -0.4 is 0 Å². The first-order valence-electron chi connectivity index (χ1n) is 5.26. The number of halogens is 2. The molecule has 0 atom stereocenters. The minimum atomic E-state index is 0.743.